The molecule has 0 aromatic heterocycles. The number of ether oxygens (including phenoxy) is 5. The molecule has 32 heavy (non-hydrogen) atoms. The number of hydrogen-bond donors (Lipinski definition) is 0. The zero-order valence-electron chi connectivity index (χ0n) is 19.7. The smallest absolute Gasteiger partial charge is 0.161 e. The summed E-state index contributed by atoms with van der Waals surface area (Å²) < 4.78 is 28.4. The molecule has 1 atom stereocenters. The molecule has 0 saturated carbocycles. The van der Waals surface area contributed by atoms with E-state index in [9.17, 15) is 0 Å². The van der Waals surface area contributed by atoms with Crippen LogP contribution in [0, 0.1) is 5.92 Å². The van der Waals surface area contributed by atoms with Crippen LogP contribution >= 0.6 is 0 Å². The number of methoxy groups -OCH3 is 3. The first-order chi connectivity index (χ1) is 15.6. The van der Waals surface area contributed by atoms with Crippen LogP contribution in [0.3, 0.4) is 0 Å². The van der Waals surface area contributed by atoms with Crippen molar-refractivity contribution in [3.63, 3.8) is 0 Å². The highest BCUT2D eigenvalue weighted by Gasteiger charge is 2.27. The maximum atomic E-state index is 6.23. The summed E-state index contributed by atoms with van der Waals surface area (Å²) in [7, 11) is 7.27. The van der Waals surface area contributed by atoms with Crippen LogP contribution in [0.15, 0.2) is 30.3 Å². The van der Waals surface area contributed by atoms with E-state index in [-0.39, 0.29) is 6.04 Å². The minimum atomic E-state index is 0.260. The van der Waals surface area contributed by atoms with E-state index < -0.39 is 0 Å². The summed E-state index contributed by atoms with van der Waals surface area (Å²) in [5.41, 5.74) is 3.86. The van der Waals surface area contributed by atoms with E-state index in [4.69, 9.17) is 23.7 Å². The Morgan fingerprint density at radius 3 is 2.34 bits per heavy atom. The van der Waals surface area contributed by atoms with Crippen LogP contribution in [0.5, 0.6) is 23.0 Å². The molecule has 0 amide bonds. The fourth-order valence-electron chi connectivity index (χ4n) is 4.72. The molecule has 4 rings (SSSR count). The maximum absolute atomic E-state index is 6.23. The van der Waals surface area contributed by atoms with Crippen molar-refractivity contribution >= 4 is 0 Å². The van der Waals surface area contributed by atoms with E-state index in [1.807, 2.05) is 6.07 Å². The first-order valence-corrected chi connectivity index (χ1v) is 11.5. The molecule has 174 valence electrons. The van der Waals surface area contributed by atoms with Crippen LogP contribution in [0.1, 0.15) is 35.6 Å². The van der Waals surface area contributed by atoms with Crippen LogP contribution in [0.2, 0.25) is 0 Å². The van der Waals surface area contributed by atoms with Gasteiger partial charge in [-0.2, -0.15) is 0 Å². The number of hydrogen-bond acceptors (Lipinski definition) is 6. The van der Waals surface area contributed by atoms with E-state index in [0.29, 0.717) is 12.5 Å². The molecule has 2 aromatic carbocycles. The third-order valence-electron chi connectivity index (χ3n) is 6.74. The van der Waals surface area contributed by atoms with Gasteiger partial charge in [0.2, 0.25) is 0 Å². The molecule has 2 aliphatic heterocycles. The Balaban J connectivity index is 1.55. The predicted octanol–water partition coefficient (Wildman–Crippen LogP) is 4.29. The zero-order chi connectivity index (χ0) is 22.5. The second kappa shape index (κ2) is 10.5. The standard InChI is InChI=1S/C26H35NO5/c1-27-10-7-20-15-24(29-3)25(30-4)16-21(20)22(27)13-19-5-6-23(28-2)26(14-19)32-17-18-8-11-31-12-9-18/h5-6,14-16,18,22H,7-13,17H2,1-4H3. The summed E-state index contributed by atoms with van der Waals surface area (Å²) >= 11 is 0. The van der Waals surface area contributed by atoms with Gasteiger partial charge in [-0.05, 0) is 79.6 Å². The molecule has 0 bridgehead atoms. The van der Waals surface area contributed by atoms with Gasteiger partial charge in [0.15, 0.2) is 23.0 Å². The first-order valence-electron chi connectivity index (χ1n) is 11.5. The number of nitrogens with zero attached hydrogens (tertiary/aromatic N) is 1. The fraction of sp³-hybridized carbons (Fsp3) is 0.538. The molecule has 2 heterocycles. The molecule has 0 aliphatic carbocycles. The normalized spacial score (nSPS) is 19.3. The number of fused-ring (bicyclic) bond motifs is 1. The van der Waals surface area contributed by atoms with Crippen LogP contribution in [-0.2, 0) is 17.6 Å². The summed E-state index contributed by atoms with van der Waals surface area (Å²) in [5.74, 6) is 3.72. The lowest BCUT2D eigenvalue weighted by atomic mass is 9.88. The van der Waals surface area contributed by atoms with E-state index in [1.165, 1.54) is 16.7 Å². The molecule has 2 aliphatic rings. The molecular weight excluding hydrogens is 406 g/mol. The Bertz CT molecular complexity index is 909. The molecule has 0 N–H and O–H groups in total. The van der Waals surface area contributed by atoms with E-state index in [1.54, 1.807) is 21.3 Å². The number of likely N-dealkylation sites (N-methyl/N-ethyl adjacent to an activating group) is 1. The highest BCUT2D eigenvalue weighted by molar-refractivity contribution is 5.50. The number of rotatable bonds is 8. The first kappa shape index (κ1) is 22.7. The van der Waals surface area contributed by atoms with Gasteiger partial charge in [0, 0.05) is 25.8 Å². The van der Waals surface area contributed by atoms with Gasteiger partial charge in [0.05, 0.1) is 27.9 Å². The number of benzene rings is 2. The fourth-order valence-corrected chi connectivity index (χ4v) is 4.72. The highest BCUT2D eigenvalue weighted by Crippen LogP contribution is 2.39. The van der Waals surface area contributed by atoms with Crippen molar-refractivity contribution in [1.82, 2.24) is 4.90 Å². The Hall–Kier alpha value is -2.44. The largest absolute Gasteiger partial charge is 0.493 e. The SMILES string of the molecule is COc1cc2c(cc1OC)C(Cc1ccc(OC)c(OCC3CCOCC3)c1)N(C)CC2. The maximum Gasteiger partial charge on any atom is 0.161 e. The van der Waals surface area contributed by atoms with Crippen molar-refractivity contribution in [2.45, 2.75) is 31.7 Å². The third-order valence-corrected chi connectivity index (χ3v) is 6.74. The summed E-state index contributed by atoms with van der Waals surface area (Å²) in [4.78, 5) is 2.42. The van der Waals surface area contributed by atoms with Gasteiger partial charge in [-0.25, -0.2) is 0 Å². The summed E-state index contributed by atoms with van der Waals surface area (Å²) in [5, 5.41) is 0. The van der Waals surface area contributed by atoms with Gasteiger partial charge in [0.25, 0.3) is 0 Å². The van der Waals surface area contributed by atoms with Crippen LogP contribution in [-0.4, -0.2) is 59.6 Å². The topological polar surface area (TPSA) is 49.4 Å². The van der Waals surface area contributed by atoms with Gasteiger partial charge < -0.3 is 23.7 Å². The van der Waals surface area contributed by atoms with Crippen molar-refractivity contribution in [3.8, 4) is 23.0 Å². The Labute approximate surface area is 191 Å². The zero-order valence-corrected chi connectivity index (χ0v) is 19.7. The van der Waals surface area contributed by atoms with Gasteiger partial charge in [-0.3, -0.25) is 4.90 Å². The second-order valence-electron chi connectivity index (χ2n) is 8.71. The monoisotopic (exact) mass is 441 g/mol. The lowest BCUT2D eigenvalue weighted by molar-refractivity contribution is 0.0493. The lowest BCUT2D eigenvalue weighted by Gasteiger charge is -2.35. The minimum Gasteiger partial charge on any atom is -0.493 e. The van der Waals surface area contributed by atoms with Crippen LogP contribution < -0.4 is 18.9 Å². The predicted molar refractivity (Wildman–Crippen MR) is 124 cm³/mol. The molecular formula is C26H35NO5. The quantitative estimate of drug-likeness (QED) is 0.609. The van der Waals surface area contributed by atoms with E-state index in [0.717, 1.165) is 68.4 Å². The average molecular weight is 442 g/mol. The van der Waals surface area contributed by atoms with Crippen molar-refractivity contribution in [1.29, 1.82) is 0 Å². The molecule has 0 radical (unpaired) electrons. The summed E-state index contributed by atoms with van der Waals surface area (Å²) in [6, 6.07) is 10.8. The molecule has 2 aromatic rings. The lowest BCUT2D eigenvalue weighted by Crippen LogP contribution is -2.33. The van der Waals surface area contributed by atoms with Crippen molar-refractivity contribution in [2.75, 3.05) is 54.7 Å². The molecule has 1 unspecified atom stereocenters. The van der Waals surface area contributed by atoms with E-state index >= 15 is 0 Å². The summed E-state index contributed by atoms with van der Waals surface area (Å²) in [6.07, 6.45) is 4.00. The molecule has 6 nitrogen and oxygen atoms in total. The summed E-state index contributed by atoms with van der Waals surface area (Å²) in [6.45, 7) is 3.36. The molecule has 6 heteroatoms. The molecule has 1 fully saturated rings. The van der Waals surface area contributed by atoms with Gasteiger partial charge in [-0.15, -0.1) is 0 Å². The van der Waals surface area contributed by atoms with Gasteiger partial charge >= 0.3 is 0 Å². The Kier molecular flexibility index (Phi) is 7.43. The minimum absolute atomic E-state index is 0.260. The average Bonchev–Trinajstić information content (AvgIpc) is 2.84. The van der Waals surface area contributed by atoms with Crippen molar-refractivity contribution in [2.24, 2.45) is 5.92 Å². The third kappa shape index (κ3) is 4.97. The molecule has 1 saturated heterocycles. The van der Waals surface area contributed by atoms with Crippen LogP contribution in [0.4, 0.5) is 0 Å². The van der Waals surface area contributed by atoms with Gasteiger partial charge in [-0.1, -0.05) is 6.07 Å². The highest BCUT2D eigenvalue weighted by atomic mass is 16.5. The Morgan fingerprint density at radius 1 is 0.906 bits per heavy atom. The van der Waals surface area contributed by atoms with Gasteiger partial charge in [0.1, 0.15) is 0 Å². The van der Waals surface area contributed by atoms with Crippen molar-refractivity contribution < 1.29 is 23.7 Å². The van der Waals surface area contributed by atoms with Crippen molar-refractivity contribution in [3.05, 3.63) is 47.0 Å². The van der Waals surface area contributed by atoms with E-state index in [2.05, 4.69) is 36.2 Å². The second-order valence-corrected chi connectivity index (χ2v) is 8.71. The Morgan fingerprint density at radius 2 is 1.62 bits per heavy atom. The van der Waals surface area contributed by atoms with Crippen LogP contribution in [0.25, 0.3) is 0 Å². The molecule has 0 spiro atoms.